The van der Waals surface area contributed by atoms with Crippen LogP contribution in [0.4, 0.5) is 5.69 Å². The summed E-state index contributed by atoms with van der Waals surface area (Å²) < 4.78 is 5.40. The Morgan fingerprint density at radius 3 is 2.55 bits per heavy atom. The number of anilines is 1. The van der Waals surface area contributed by atoms with E-state index in [4.69, 9.17) is 4.74 Å². The van der Waals surface area contributed by atoms with E-state index in [-0.39, 0.29) is 29.5 Å². The van der Waals surface area contributed by atoms with Crippen molar-refractivity contribution in [1.29, 1.82) is 0 Å². The second-order valence-electron chi connectivity index (χ2n) is 9.28. The topological polar surface area (TPSA) is 87.2 Å². The Bertz CT molecular complexity index is 1080. The Morgan fingerprint density at radius 1 is 1.00 bits per heavy atom. The molecule has 8 nitrogen and oxygen atoms in total. The molecule has 0 saturated carbocycles. The fourth-order valence-corrected chi connectivity index (χ4v) is 6.74. The molecule has 31 heavy (non-hydrogen) atoms. The molecule has 4 amide bonds. The Kier molecular flexibility index (Phi) is 3.57. The molecule has 8 heteroatoms. The summed E-state index contributed by atoms with van der Waals surface area (Å²) in [6.45, 7) is 1.12. The number of methoxy groups -OCH3 is 1. The lowest BCUT2D eigenvalue weighted by Gasteiger charge is -2.63. The summed E-state index contributed by atoms with van der Waals surface area (Å²) >= 11 is 0. The van der Waals surface area contributed by atoms with Crippen LogP contribution >= 0.6 is 0 Å². The Balaban J connectivity index is 1.53. The highest BCUT2D eigenvalue weighted by Gasteiger charge is 2.73. The molecule has 7 rings (SSSR count). The van der Waals surface area contributed by atoms with Crippen LogP contribution in [0.3, 0.4) is 0 Å². The first-order valence-electron chi connectivity index (χ1n) is 10.7. The van der Waals surface area contributed by atoms with Crippen molar-refractivity contribution in [1.82, 2.24) is 9.80 Å². The van der Waals surface area contributed by atoms with Crippen LogP contribution in [0, 0.1) is 29.6 Å². The van der Waals surface area contributed by atoms with Gasteiger partial charge in [-0.1, -0.05) is 24.3 Å². The van der Waals surface area contributed by atoms with Gasteiger partial charge in [-0.3, -0.25) is 19.2 Å². The normalized spacial score (nSPS) is 38.0. The van der Waals surface area contributed by atoms with Crippen LogP contribution in [0.2, 0.25) is 0 Å². The fourth-order valence-electron chi connectivity index (χ4n) is 6.74. The van der Waals surface area contributed by atoms with Crippen molar-refractivity contribution in [2.75, 3.05) is 32.1 Å². The minimum atomic E-state index is -1.08. The van der Waals surface area contributed by atoms with Gasteiger partial charge >= 0.3 is 0 Å². The van der Waals surface area contributed by atoms with Gasteiger partial charge in [0.1, 0.15) is 5.75 Å². The molecule has 4 bridgehead atoms. The van der Waals surface area contributed by atoms with Crippen molar-refractivity contribution in [3.05, 3.63) is 36.4 Å². The van der Waals surface area contributed by atoms with Gasteiger partial charge in [0.15, 0.2) is 0 Å². The van der Waals surface area contributed by atoms with Crippen LogP contribution in [-0.2, 0) is 19.2 Å². The minimum absolute atomic E-state index is 0.0616. The number of carbonyl (C=O) groups excluding carboxylic acids is 4. The van der Waals surface area contributed by atoms with Crippen LogP contribution in [-0.4, -0.2) is 66.2 Å². The van der Waals surface area contributed by atoms with E-state index in [0.29, 0.717) is 30.9 Å². The number of hydrogen-bond acceptors (Lipinski definition) is 5. The number of fused-ring (bicyclic) bond motifs is 2. The van der Waals surface area contributed by atoms with Crippen molar-refractivity contribution in [2.24, 2.45) is 29.6 Å². The third kappa shape index (κ3) is 2.05. The lowest BCUT2D eigenvalue weighted by atomic mass is 9.54. The van der Waals surface area contributed by atoms with Gasteiger partial charge in [-0.15, -0.1) is 0 Å². The third-order valence-electron chi connectivity index (χ3n) is 7.93. The van der Waals surface area contributed by atoms with Gasteiger partial charge in [-0.05, 0) is 24.5 Å². The zero-order valence-electron chi connectivity index (χ0n) is 17.4. The average Bonchev–Trinajstić information content (AvgIpc) is 3.04. The molecule has 0 aromatic heterocycles. The minimum Gasteiger partial charge on any atom is -0.495 e. The number of piperidine rings is 3. The van der Waals surface area contributed by atoms with Crippen LogP contribution in [0.25, 0.3) is 0 Å². The first-order chi connectivity index (χ1) is 14.9. The van der Waals surface area contributed by atoms with Gasteiger partial charge in [0.2, 0.25) is 23.6 Å². The lowest BCUT2D eigenvalue weighted by molar-refractivity contribution is -0.181. The number of nitrogens with zero attached hydrogens (tertiary/aromatic N) is 3. The average molecular weight is 421 g/mol. The number of para-hydroxylation sites is 2. The van der Waals surface area contributed by atoms with Crippen molar-refractivity contribution < 1.29 is 23.9 Å². The zero-order chi connectivity index (χ0) is 21.7. The molecule has 160 valence electrons. The van der Waals surface area contributed by atoms with E-state index in [1.54, 1.807) is 47.2 Å². The predicted molar refractivity (Wildman–Crippen MR) is 109 cm³/mol. The van der Waals surface area contributed by atoms with E-state index >= 15 is 0 Å². The maximum Gasteiger partial charge on any atom is 0.240 e. The van der Waals surface area contributed by atoms with E-state index in [1.165, 1.54) is 12.0 Å². The first-order valence-corrected chi connectivity index (χ1v) is 10.7. The van der Waals surface area contributed by atoms with E-state index in [9.17, 15) is 19.2 Å². The highest BCUT2D eigenvalue weighted by molar-refractivity contribution is 6.25. The Hall–Kier alpha value is -3.16. The van der Waals surface area contributed by atoms with Crippen LogP contribution in [0.15, 0.2) is 36.4 Å². The second-order valence-corrected chi connectivity index (χ2v) is 9.28. The van der Waals surface area contributed by atoms with Crippen molar-refractivity contribution in [2.45, 2.75) is 12.0 Å². The number of amides is 4. The molecule has 0 N–H and O–H groups in total. The highest BCUT2D eigenvalue weighted by Crippen LogP contribution is 2.59. The number of imide groups is 1. The molecule has 6 aliphatic rings. The number of rotatable bonds is 2. The van der Waals surface area contributed by atoms with Gasteiger partial charge in [-0.2, -0.15) is 0 Å². The van der Waals surface area contributed by atoms with Crippen molar-refractivity contribution in [3.8, 4) is 5.75 Å². The van der Waals surface area contributed by atoms with Crippen LogP contribution in [0.5, 0.6) is 5.75 Å². The smallest absolute Gasteiger partial charge is 0.240 e. The molecule has 5 aliphatic heterocycles. The van der Waals surface area contributed by atoms with Gasteiger partial charge in [0, 0.05) is 20.1 Å². The molecule has 0 radical (unpaired) electrons. The summed E-state index contributed by atoms with van der Waals surface area (Å²) in [7, 11) is 3.26. The predicted octanol–water partition coefficient (Wildman–Crippen LogP) is 0.676. The number of hydrogen-bond donors (Lipinski definition) is 0. The summed E-state index contributed by atoms with van der Waals surface area (Å²) in [5.74, 6) is -3.09. The maximum atomic E-state index is 13.9. The number of likely N-dealkylation sites (tertiary alicyclic amines) is 1. The summed E-state index contributed by atoms with van der Waals surface area (Å²) in [5, 5.41) is 0. The number of ether oxygens (including phenoxy) is 1. The molecule has 6 atom stereocenters. The van der Waals surface area contributed by atoms with Gasteiger partial charge in [-0.25, -0.2) is 4.90 Å². The summed E-state index contributed by atoms with van der Waals surface area (Å²) in [4.78, 5) is 58.8. The zero-order valence-corrected chi connectivity index (χ0v) is 17.4. The standard InChI is InChI=1S/C23H23N3O5/c1-24-10-12-9-14(20(24)28)23-8-7-13(19(27)25(23)11-12)17-18(23)22(30)26(21(17)29)15-5-3-4-6-16(15)31-2/h3-8,12-14,17-18H,9-11H2,1-2H3/t12-,13-,14+,17+,18-,23-/m0/s1. The molecule has 0 unspecified atom stereocenters. The molecular weight excluding hydrogens is 398 g/mol. The molecule has 1 aromatic rings. The van der Waals surface area contributed by atoms with Gasteiger partial charge < -0.3 is 14.5 Å². The number of carbonyl (C=O) groups is 4. The van der Waals surface area contributed by atoms with E-state index < -0.39 is 29.2 Å². The quantitative estimate of drug-likeness (QED) is 0.518. The Morgan fingerprint density at radius 2 is 1.77 bits per heavy atom. The SMILES string of the molecule is COc1ccccc1N1C(=O)[C@@H]2[C@@H]3C=C[C@]4([C@@H]5C[C@@H](CN(C)C5=O)CN4C3=O)[C@@H]2C1=O. The Labute approximate surface area is 179 Å². The molecule has 4 fully saturated rings. The molecule has 5 heterocycles. The summed E-state index contributed by atoms with van der Waals surface area (Å²) in [6.07, 6.45) is 4.27. The highest BCUT2D eigenvalue weighted by atomic mass is 16.5. The van der Waals surface area contributed by atoms with Crippen LogP contribution < -0.4 is 9.64 Å². The second kappa shape index (κ2) is 5.96. The van der Waals surface area contributed by atoms with Gasteiger partial charge in [0.05, 0.1) is 42.0 Å². The van der Waals surface area contributed by atoms with Gasteiger partial charge in [0.25, 0.3) is 0 Å². The fraction of sp³-hybridized carbons (Fsp3) is 0.478. The molecule has 4 saturated heterocycles. The number of benzene rings is 1. The first kappa shape index (κ1) is 18.6. The molecule has 1 spiro atoms. The largest absolute Gasteiger partial charge is 0.495 e. The molecular formula is C23H23N3O5. The lowest BCUT2D eigenvalue weighted by Crippen LogP contribution is -2.76. The van der Waals surface area contributed by atoms with Crippen LogP contribution in [0.1, 0.15) is 6.42 Å². The van der Waals surface area contributed by atoms with Crippen molar-refractivity contribution >= 4 is 29.3 Å². The molecule has 1 aliphatic carbocycles. The monoisotopic (exact) mass is 421 g/mol. The van der Waals surface area contributed by atoms with E-state index in [1.807, 2.05) is 6.08 Å². The van der Waals surface area contributed by atoms with E-state index in [0.717, 1.165) is 0 Å². The summed E-state index contributed by atoms with van der Waals surface area (Å²) in [5.41, 5.74) is -0.701. The maximum absolute atomic E-state index is 13.9. The third-order valence-corrected chi connectivity index (χ3v) is 7.93. The molecule has 1 aromatic carbocycles. The van der Waals surface area contributed by atoms with E-state index in [2.05, 4.69) is 0 Å². The summed E-state index contributed by atoms with van der Waals surface area (Å²) in [6, 6.07) is 6.89. The van der Waals surface area contributed by atoms with Crippen molar-refractivity contribution in [3.63, 3.8) is 0 Å².